The molecule has 1 aliphatic rings. The summed E-state index contributed by atoms with van der Waals surface area (Å²) in [5.74, 6) is -1.59. The molecule has 0 fully saturated rings. The van der Waals surface area contributed by atoms with E-state index in [9.17, 15) is 22.0 Å². The van der Waals surface area contributed by atoms with Gasteiger partial charge in [0.1, 0.15) is 5.75 Å². The van der Waals surface area contributed by atoms with Crippen LogP contribution in [0.4, 0.5) is 14.5 Å². The molecule has 31 heavy (non-hydrogen) atoms. The number of carbonyl (C=O) groups excluding carboxylic acids is 1. The zero-order valence-electron chi connectivity index (χ0n) is 17.5. The molecule has 1 N–H and O–H groups in total. The minimum absolute atomic E-state index is 0.0181. The molecule has 0 aromatic heterocycles. The Bertz CT molecular complexity index is 1060. The van der Waals surface area contributed by atoms with Crippen LogP contribution in [0.2, 0.25) is 0 Å². The lowest BCUT2D eigenvalue weighted by Crippen LogP contribution is -2.33. The lowest BCUT2D eigenvalue weighted by molar-refractivity contribution is -0.122. The van der Waals surface area contributed by atoms with Gasteiger partial charge in [0.25, 0.3) is 0 Å². The van der Waals surface area contributed by atoms with Crippen LogP contribution in [-0.2, 0) is 21.2 Å². The van der Waals surface area contributed by atoms with Gasteiger partial charge in [-0.05, 0) is 61.1 Å². The Morgan fingerprint density at radius 2 is 1.97 bits per heavy atom. The Morgan fingerprint density at radius 1 is 1.19 bits per heavy atom. The molecule has 0 saturated carbocycles. The van der Waals surface area contributed by atoms with E-state index in [0.717, 1.165) is 58.8 Å². The molecule has 168 valence electrons. The first-order valence-electron chi connectivity index (χ1n) is 10.1. The number of ether oxygens (including phenoxy) is 1. The Kier molecular flexibility index (Phi) is 7.15. The number of methoxy groups -OCH3 is 1. The minimum atomic E-state index is -3.72. The van der Waals surface area contributed by atoms with E-state index in [2.05, 4.69) is 5.32 Å². The van der Waals surface area contributed by atoms with Crippen molar-refractivity contribution in [2.24, 2.45) is 0 Å². The molecular weight excluding hydrogens is 426 g/mol. The number of hydrogen-bond donors (Lipinski definition) is 1. The van der Waals surface area contributed by atoms with E-state index in [-0.39, 0.29) is 37.0 Å². The first kappa shape index (κ1) is 23.0. The summed E-state index contributed by atoms with van der Waals surface area (Å²) in [6.45, 7) is -0.0181. The third kappa shape index (κ3) is 5.72. The number of carbonyl (C=O) groups is 1. The fourth-order valence-corrected chi connectivity index (χ4v) is 4.80. The summed E-state index contributed by atoms with van der Waals surface area (Å²) in [6, 6.07) is 8.64. The predicted octanol–water partition coefficient (Wildman–Crippen LogP) is 3.71. The lowest BCUT2D eigenvalue weighted by atomic mass is 9.87. The van der Waals surface area contributed by atoms with Crippen molar-refractivity contribution in [2.75, 3.05) is 24.2 Å². The van der Waals surface area contributed by atoms with Gasteiger partial charge in [-0.2, -0.15) is 0 Å². The Labute approximate surface area is 181 Å². The summed E-state index contributed by atoms with van der Waals surface area (Å²) >= 11 is 0. The van der Waals surface area contributed by atoms with Gasteiger partial charge in [0.15, 0.2) is 11.6 Å². The number of nitrogens with zero attached hydrogens (tertiary/aromatic N) is 1. The van der Waals surface area contributed by atoms with E-state index in [0.29, 0.717) is 0 Å². The van der Waals surface area contributed by atoms with Crippen LogP contribution in [0.25, 0.3) is 0 Å². The second-order valence-electron chi connectivity index (χ2n) is 7.61. The molecule has 2 aromatic carbocycles. The van der Waals surface area contributed by atoms with Crippen molar-refractivity contribution in [3.8, 4) is 5.75 Å². The maximum Gasteiger partial charge on any atom is 0.232 e. The predicted molar refractivity (Wildman–Crippen MR) is 115 cm³/mol. The van der Waals surface area contributed by atoms with Crippen LogP contribution in [-0.4, -0.2) is 34.2 Å². The van der Waals surface area contributed by atoms with E-state index in [1.807, 2.05) is 18.2 Å². The highest BCUT2D eigenvalue weighted by molar-refractivity contribution is 7.92. The Balaban J connectivity index is 1.61. The van der Waals surface area contributed by atoms with Crippen molar-refractivity contribution in [1.82, 2.24) is 5.32 Å². The number of nitrogens with one attached hydrogen (secondary N) is 1. The topological polar surface area (TPSA) is 75.7 Å². The molecule has 0 aliphatic heterocycles. The molecule has 0 heterocycles. The van der Waals surface area contributed by atoms with Gasteiger partial charge in [-0.15, -0.1) is 0 Å². The number of halogens is 2. The van der Waals surface area contributed by atoms with Gasteiger partial charge < -0.3 is 10.1 Å². The van der Waals surface area contributed by atoms with Gasteiger partial charge in [0.2, 0.25) is 15.9 Å². The number of rotatable bonds is 8. The molecule has 0 bridgehead atoms. The number of hydrogen-bond acceptors (Lipinski definition) is 4. The highest BCUT2D eigenvalue weighted by atomic mass is 32.2. The van der Waals surface area contributed by atoms with Gasteiger partial charge in [-0.3, -0.25) is 9.10 Å². The smallest absolute Gasteiger partial charge is 0.232 e. The Morgan fingerprint density at radius 3 is 2.65 bits per heavy atom. The third-order valence-corrected chi connectivity index (χ3v) is 6.55. The summed E-state index contributed by atoms with van der Waals surface area (Å²) in [5.41, 5.74) is 2.24. The number of anilines is 1. The van der Waals surface area contributed by atoms with Gasteiger partial charge in [0.05, 0.1) is 25.1 Å². The fourth-order valence-electron chi connectivity index (χ4n) is 3.84. The van der Waals surface area contributed by atoms with Crippen LogP contribution in [0.3, 0.4) is 0 Å². The third-order valence-electron chi connectivity index (χ3n) is 5.36. The lowest BCUT2D eigenvalue weighted by Gasteiger charge is -2.27. The monoisotopic (exact) mass is 452 g/mol. The number of aryl methyl sites for hydroxylation is 1. The Hall–Kier alpha value is -2.68. The SMILES string of the molecule is COc1ccc2c(c1)CCC[C@@H]2NC(=O)CCCN(c1ccc(F)c(F)c1)S(C)(=O)=O. The molecule has 1 atom stereocenters. The van der Waals surface area contributed by atoms with Crippen LogP contribution in [0.15, 0.2) is 36.4 Å². The summed E-state index contributed by atoms with van der Waals surface area (Å²) in [5, 5.41) is 3.02. The van der Waals surface area contributed by atoms with Crippen LogP contribution < -0.4 is 14.4 Å². The van der Waals surface area contributed by atoms with Crippen molar-refractivity contribution in [1.29, 1.82) is 0 Å². The maximum atomic E-state index is 13.5. The highest BCUT2D eigenvalue weighted by Gasteiger charge is 2.23. The van der Waals surface area contributed by atoms with Crippen LogP contribution >= 0.6 is 0 Å². The van der Waals surface area contributed by atoms with Gasteiger partial charge in [-0.25, -0.2) is 17.2 Å². The number of benzene rings is 2. The standard InChI is InChI=1S/C22H26F2N2O4S/c1-30-17-9-10-18-15(13-17)5-3-6-21(18)25-22(27)7-4-12-26(31(2,28)29)16-8-11-19(23)20(24)14-16/h8-11,13-14,21H,3-7,12H2,1-2H3,(H,25,27)/t21-/m0/s1. The van der Waals surface area contributed by atoms with Gasteiger partial charge >= 0.3 is 0 Å². The summed E-state index contributed by atoms with van der Waals surface area (Å²) in [7, 11) is -2.10. The molecule has 0 spiro atoms. The normalized spacial score (nSPS) is 15.8. The van der Waals surface area contributed by atoms with E-state index in [1.165, 1.54) is 6.07 Å². The summed E-state index contributed by atoms with van der Waals surface area (Å²) < 4.78 is 57.2. The van der Waals surface area contributed by atoms with Crippen molar-refractivity contribution in [2.45, 2.75) is 38.1 Å². The van der Waals surface area contributed by atoms with Crippen LogP contribution in [0.1, 0.15) is 42.9 Å². The van der Waals surface area contributed by atoms with E-state index in [4.69, 9.17) is 4.74 Å². The zero-order valence-corrected chi connectivity index (χ0v) is 18.3. The summed E-state index contributed by atoms with van der Waals surface area (Å²) in [4.78, 5) is 12.5. The molecular formula is C22H26F2N2O4S. The molecule has 6 nitrogen and oxygen atoms in total. The highest BCUT2D eigenvalue weighted by Crippen LogP contribution is 2.32. The van der Waals surface area contributed by atoms with E-state index in [1.54, 1.807) is 7.11 Å². The van der Waals surface area contributed by atoms with Crippen LogP contribution in [0, 0.1) is 11.6 Å². The quantitative estimate of drug-likeness (QED) is 0.663. The summed E-state index contributed by atoms with van der Waals surface area (Å²) in [6.07, 6.45) is 4.04. The van der Waals surface area contributed by atoms with Crippen molar-refractivity contribution >= 4 is 21.6 Å². The number of sulfonamides is 1. The second-order valence-corrected chi connectivity index (χ2v) is 9.52. The average molecular weight is 453 g/mol. The van der Waals surface area contributed by atoms with Gasteiger partial charge in [0, 0.05) is 19.0 Å². The van der Waals surface area contributed by atoms with E-state index < -0.39 is 21.7 Å². The van der Waals surface area contributed by atoms with Crippen molar-refractivity contribution < 1.29 is 26.7 Å². The molecule has 0 radical (unpaired) electrons. The molecule has 2 aromatic rings. The number of fused-ring (bicyclic) bond motifs is 1. The zero-order chi connectivity index (χ0) is 22.6. The van der Waals surface area contributed by atoms with E-state index >= 15 is 0 Å². The molecule has 1 amide bonds. The molecule has 3 rings (SSSR count). The average Bonchev–Trinajstić information content (AvgIpc) is 2.72. The van der Waals surface area contributed by atoms with Crippen LogP contribution in [0.5, 0.6) is 5.75 Å². The first-order valence-corrected chi connectivity index (χ1v) is 11.9. The molecule has 9 heteroatoms. The minimum Gasteiger partial charge on any atom is -0.497 e. The maximum absolute atomic E-state index is 13.5. The second kappa shape index (κ2) is 9.64. The van der Waals surface area contributed by atoms with Crippen molar-refractivity contribution in [3.63, 3.8) is 0 Å². The largest absolute Gasteiger partial charge is 0.497 e. The first-order chi connectivity index (χ1) is 14.7. The fraction of sp³-hybridized carbons (Fsp3) is 0.409. The molecule has 0 saturated heterocycles. The van der Waals surface area contributed by atoms with Crippen molar-refractivity contribution in [3.05, 3.63) is 59.2 Å². The van der Waals surface area contributed by atoms with Gasteiger partial charge in [-0.1, -0.05) is 6.07 Å². The molecule has 0 unspecified atom stereocenters. The molecule has 1 aliphatic carbocycles. The number of amides is 1.